The molecule has 4 aromatic carbocycles. The largest absolute Gasteiger partial charge is 0.379 e. The molecular formula is C52H58N4O10. The number of carbonyl (C=O) groups excluding carboxylic acids is 4. The molecule has 0 spiro atoms. The highest BCUT2D eigenvalue weighted by molar-refractivity contribution is 5.96. The number of rotatable bonds is 27. The van der Waals surface area contributed by atoms with Crippen molar-refractivity contribution in [3.63, 3.8) is 0 Å². The van der Waals surface area contributed by atoms with E-state index in [0.717, 1.165) is 44.8 Å². The number of nitrogens with one attached hydrogen (secondary N) is 2. The monoisotopic (exact) mass is 898 g/mol. The standard InChI is InChI=1S/C52H58N4O10/c57-49(53-25-21-51(59)55-39-45-13-3-1-9-41(45)17-19-43-11-5-7-15-47(43)55)23-27-61-29-31-63-33-35-65-37-38-66-36-34-64-32-30-62-28-24-50(58)54-26-22-52(60)56-40-46-14-4-2-10-42(46)18-20-44-12-6-8-16-48(44)56/h1-16H,21-40H2,(H,53,57)(H,54,58). The van der Waals surface area contributed by atoms with Crippen LogP contribution in [0.5, 0.6) is 0 Å². The van der Waals surface area contributed by atoms with Gasteiger partial charge in [-0.25, -0.2) is 0 Å². The molecule has 14 heteroatoms. The first-order chi connectivity index (χ1) is 32.5. The van der Waals surface area contributed by atoms with Crippen LogP contribution in [0.3, 0.4) is 0 Å². The third kappa shape index (κ3) is 16.3. The van der Waals surface area contributed by atoms with Gasteiger partial charge in [0.05, 0.1) is 104 Å². The Labute approximate surface area is 387 Å². The topological polar surface area (TPSA) is 154 Å². The molecule has 0 radical (unpaired) electrons. The summed E-state index contributed by atoms with van der Waals surface area (Å²) in [6, 6.07) is 30.9. The average molecular weight is 899 g/mol. The van der Waals surface area contributed by atoms with Crippen LogP contribution in [0.25, 0.3) is 0 Å². The summed E-state index contributed by atoms with van der Waals surface area (Å²) in [5.74, 6) is 12.3. The fourth-order valence-corrected chi connectivity index (χ4v) is 7.01. The lowest BCUT2D eigenvalue weighted by atomic mass is 10.0. The molecule has 66 heavy (non-hydrogen) atoms. The average Bonchev–Trinajstić information content (AvgIpc) is 3.32. The molecule has 2 aliphatic heterocycles. The van der Waals surface area contributed by atoms with Gasteiger partial charge in [0.15, 0.2) is 0 Å². The van der Waals surface area contributed by atoms with Gasteiger partial charge < -0.3 is 48.9 Å². The van der Waals surface area contributed by atoms with Crippen molar-refractivity contribution in [3.8, 4) is 23.7 Å². The third-order valence-corrected chi connectivity index (χ3v) is 10.5. The highest BCUT2D eigenvalue weighted by atomic mass is 16.6. The predicted molar refractivity (Wildman–Crippen MR) is 250 cm³/mol. The van der Waals surface area contributed by atoms with E-state index >= 15 is 0 Å². The third-order valence-electron chi connectivity index (χ3n) is 10.5. The van der Waals surface area contributed by atoms with Crippen LogP contribution in [-0.2, 0) is 60.7 Å². The zero-order chi connectivity index (χ0) is 46.0. The Morgan fingerprint density at radius 3 is 1.08 bits per heavy atom. The Morgan fingerprint density at radius 2 is 0.697 bits per heavy atom. The van der Waals surface area contributed by atoms with Gasteiger partial charge >= 0.3 is 0 Å². The van der Waals surface area contributed by atoms with Crippen molar-refractivity contribution >= 4 is 35.0 Å². The minimum atomic E-state index is -0.184. The van der Waals surface area contributed by atoms with E-state index in [2.05, 4.69) is 34.3 Å². The number of ether oxygens (including phenoxy) is 6. The van der Waals surface area contributed by atoms with Crippen molar-refractivity contribution in [1.29, 1.82) is 0 Å². The molecule has 0 aromatic heterocycles. The Kier molecular flexibility index (Phi) is 20.7. The Morgan fingerprint density at radius 1 is 0.394 bits per heavy atom. The molecule has 0 bridgehead atoms. The van der Waals surface area contributed by atoms with Crippen molar-refractivity contribution in [1.82, 2.24) is 10.6 Å². The molecule has 0 aliphatic carbocycles. The molecule has 4 aromatic rings. The maximum atomic E-state index is 13.3. The Hall–Kier alpha value is -6.36. The molecule has 2 aliphatic rings. The first-order valence-corrected chi connectivity index (χ1v) is 22.4. The summed E-state index contributed by atoms with van der Waals surface area (Å²) in [4.78, 5) is 54.8. The first-order valence-electron chi connectivity index (χ1n) is 22.4. The van der Waals surface area contributed by atoms with Crippen molar-refractivity contribution in [2.75, 3.05) is 102 Å². The van der Waals surface area contributed by atoms with E-state index < -0.39 is 0 Å². The van der Waals surface area contributed by atoms with Crippen molar-refractivity contribution in [3.05, 3.63) is 130 Å². The van der Waals surface area contributed by atoms with E-state index in [1.807, 2.05) is 97.1 Å². The van der Waals surface area contributed by atoms with Gasteiger partial charge in [0, 0.05) is 61.0 Å². The summed E-state index contributed by atoms with van der Waals surface area (Å²) in [5.41, 5.74) is 6.87. The Balaban J connectivity index is 0.682. The first kappa shape index (κ1) is 49.1. The fraction of sp³-hybridized carbons (Fsp3) is 0.385. The van der Waals surface area contributed by atoms with Gasteiger partial charge in [-0.2, -0.15) is 0 Å². The van der Waals surface area contributed by atoms with Gasteiger partial charge in [-0.05, 0) is 47.5 Å². The second kappa shape index (κ2) is 27.8. The van der Waals surface area contributed by atoms with E-state index in [1.54, 1.807) is 9.80 Å². The van der Waals surface area contributed by atoms with Gasteiger partial charge in [-0.1, -0.05) is 84.3 Å². The molecule has 14 nitrogen and oxygen atoms in total. The maximum Gasteiger partial charge on any atom is 0.229 e. The summed E-state index contributed by atoms with van der Waals surface area (Å²) >= 11 is 0. The number of hydrogen-bond acceptors (Lipinski definition) is 10. The van der Waals surface area contributed by atoms with Crippen molar-refractivity contribution in [2.45, 2.75) is 38.8 Å². The second-order valence-corrected chi connectivity index (χ2v) is 15.2. The maximum absolute atomic E-state index is 13.3. The zero-order valence-electron chi connectivity index (χ0n) is 37.4. The lowest BCUT2D eigenvalue weighted by molar-refractivity contribution is -0.124. The number of fused-ring (bicyclic) bond motifs is 4. The summed E-state index contributed by atoms with van der Waals surface area (Å²) in [6.45, 7) is 5.69. The van der Waals surface area contributed by atoms with Crippen LogP contribution < -0.4 is 20.4 Å². The van der Waals surface area contributed by atoms with Gasteiger partial charge in [-0.15, -0.1) is 0 Å². The number of nitrogens with zero attached hydrogens (tertiary/aromatic N) is 2. The number of benzene rings is 4. The smallest absolute Gasteiger partial charge is 0.229 e. The summed E-state index contributed by atoms with van der Waals surface area (Å²) in [5, 5.41) is 5.64. The van der Waals surface area contributed by atoms with Gasteiger partial charge in [0.25, 0.3) is 0 Å². The minimum absolute atomic E-state index is 0.0908. The normalized spacial score (nSPS) is 12.2. The van der Waals surface area contributed by atoms with E-state index in [-0.39, 0.29) is 75.6 Å². The predicted octanol–water partition coefficient (Wildman–Crippen LogP) is 4.77. The van der Waals surface area contributed by atoms with E-state index in [1.165, 1.54) is 0 Å². The quantitative estimate of drug-likeness (QED) is 0.0633. The highest BCUT2D eigenvalue weighted by Gasteiger charge is 2.22. The second-order valence-electron chi connectivity index (χ2n) is 15.2. The lowest BCUT2D eigenvalue weighted by Crippen LogP contribution is -2.35. The molecule has 2 heterocycles. The van der Waals surface area contributed by atoms with Crippen LogP contribution in [0.4, 0.5) is 11.4 Å². The number of hydrogen-bond donors (Lipinski definition) is 2. The Bertz CT molecular complexity index is 2180. The minimum Gasteiger partial charge on any atom is -0.379 e. The molecular weight excluding hydrogens is 841 g/mol. The molecule has 0 unspecified atom stereocenters. The SMILES string of the molecule is O=C(CCOCCOCCOCCOCCOCCOCCC(=O)NCCC(=O)N1Cc2ccccc2C#Cc2ccccc21)NCCC(=O)N1Cc2ccccc2C#Cc2ccccc21. The van der Waals surface area contributed by atoms with Crippen LogP contribution in [0.1, 0.15) is 59.1 Å². The molecule has 0 atom stereocenters. The highest BCUT2D eigenvalue weighted by Crippen LogP contribution is 2.27. The molecule has 2 N–H and O–H groups in total. The van der Waals surface area contributed by atoms with E-state index in [4.69, 9.17) is 28.4 Å². The summed E-state index contributed by atoms with van der Waals surface area (Å²) < 4.78 is 33.2. The number of amides is 4. The van der Waals surface area contributed by atoms with Crippen LogP contribution in [0.2, 0.25) is 0 Å². The lowest BCUT2D eigenvalue weighted by Gasteiger charge is -2.26. The summed E-state index contributed by atoms with van der Waals surface area (Å²) in [6.07, 6.45) is 0.688. The molecule has 6 rings (SSSR count). The van der Waals surface area contributed by atoms with Crippen LogP contribution >= 0.6 is 0 Å². The van der Waals surface area contributed by atoms with Gasteiger partial charge in [0.1, 0.15) is 0 Å². The number of carbonyl (C=O) groups is 4. The van der Waals surface area contributed by atoms with Gasteiger partial charge in [-0.3, -0.25) is 19.2 Å². The molecule has 0 saturated heterocycles. The number of anilines is 2. The van der Waals surface area contributed by atoms with Crippen LogP contribution in [0, 0.1) is 23.7 Å². The van der Waals surface area contributed by atoms with Crippen LogP contribution in [-0.4, -0.2) is 116 Å². The number of para-hydroxylation sites is 2. The zero-order valence-corrected chi connectivity index (χ0v) is 37.4. The van der Waals surface area contributed by atoms with Gasteiger partial charge in [0.2, 0.25) is 23.6 Å². The van der Waals surface area contributed by atoms with Crippen molar-refractivity contribution < 1.29 is 47.6 Å². The summed E-state index contributed by atoms with van der Waals surface area (Å²) in [7, 11) is 0. The van der Waals surface area contributed by atoms with Crippen LogP contribution in [0.15, 0.2) is 97.1 Å². The molecule has 346 valence electrons. The molecule has 4 amide bonds. The van der Waals surface area contributed by atoms with Crippen molar-refractivity contribution in [2.24, 2.45) is 0 Å². The van der Waals surface area contributed by atoms with E-state index in [9.17, 15) is 19.2 Å². The molecule has 0 fully saturated rings. The molecule has 0 saturated carbocycles. The fourth-order valence-electron chi connectivity index (χ4n) is 7.01. The van der Waals surface area contributed by atoms with E-state index in [0.29, 0.717) is 79.2 Å².